The summed E-state index contributed by atoms with van der Waals surface area (Å²) >= 11 is 1.60. The first-order chi connectivity index (χ1) is 14.2. The van der Waals surface area contributed by atoms with Gasteiger partial charge in [0.15, 0.2) is 0 Å². The number of benzene rings is 1. The molecule has 154 valence electrons. The molecule has 2 atom stereocenters. The summed E-state index contributed by atoms with van der Waals surface area (Å²) in [4.78, 5) is 31.5. The normalized spacial score (nSPS) is 22.4. The van der Waals surface area contributed by atoms with Crippen LogP contribution in [0.1, 0.15) is 58.4 Å². The Kier molecular flexibility index (Phi) is 6.31. The van der Waals surface area contributed by atoms with Gasteiger partial charge in [0.25, 0.3) is 5.91 Å². The van der Waals surface area contributed by atoms with Gasteiger partial charge in [-0.1, -0.05) is 30.7 Å². The number of nitrogens with zero attached hydrogens (tertiary/aromatic N) is 2. The fraction of sp³-hybridized carbons (Fsp3) is 0.478. The Morgan fingerprint density at radius 1 is 1.14 bits per heavy atom. The van der Waals surface area contributed by atoms with Gasteiger partial charge >= 0.3 is 0 Å². The van der Waals surface area contributed by atoms with Gasteiger partial charge < -0.3 is 15.1 Å². The van der Waals surface area contributed by atoms with Crippen molar-refractivity contribution in [2.45, 2.75) is 37.6 Å². The molecule has 0 saturated carbocycles. The van der Waals surface area contributed by atoms with Crippen molar-refractivity contribution < 1.29 is 9.59 Å². The summed E-state index contributed by atoms with van der Waals surface area (Å²) in [6, 6.07) is 11.3. The van der Waals surface area contributed by atoms with Gasteiger partial charge in [-0.2, -0.15) is 0 Å². The van der Waals surface area contributed by atoms with Crippen LogP contribution in [-0.4, -0.2) is 54.8 Å². The topological polar surface area (TPSA) is 52.7 Å². The second-order valence-electron chi connectivity index (χ2n) is 7.99. The number of likely N-dealkylation sites (tertiary alicyclic amines) is 1. The molecule has 3 heterocycles. The molecule has 1 fully saturated rings. The van der Waals surface area contributed by atoms with Crippen LogP contribution in [-0.2, 0) is 4.79 Å². The molecule has 2 amide bonds. The van der Waals surface area contributed by atoms with Crippen molar-refractivity contribution in [2.75, 3.05) is 33.2 Å². The quantitative estimate of drug-likeness (QED) is 0.738. The maximum atomic E-state index is 13.3. The lowest BCUT2D eigenvalue weighted by atomic mass is 9.81. The molecule has 0 radical (unpaired) electrons. The minimum Gasteiger partial charge on any atom is -0.355 e. The van der Waals surface area contributed by atoms with Crippen LogP contribution in [0.3, 0.4) is 0 Å². The zero-order chi connectivity index (χ0) is 20.2. The van der Waals surface area contributed by atoms with E-state index in [9.17, 15) is 9.59 Å². The number of hydrogen-bond donors (Lipinski definition) is 1. The first-order valence-electron chi connectivity index (χ1n) is 10.6. The Labute approximate surface area is 176 Å². The Bertz CT molecular complexity index is 846. The van der Waals surface area contributed by atoms with Gasteiger partial charge in [-0.15, -0.1) is 11.3 Å². The van der Waals surface area contributed by atoms with Gasteiger partial charge in [0.1, 0.15) is 0 Å². The van der Waals surface area contributed by atoms with Crippen LogP contribution in [0.15, 0.2) is 41.8 Å². The van der Waals surface area contributed by atoms with Crippen LogP contribution >= 0.6 is 11.3 Å². The van der Waals surface area contributed by atoms with Crippen LogP contribution in [0.5, 0.6) is 0 Å². The molecule has 2 aliphatic rings. The molecule has 0 spiro atoms. The van der Waals surface area contributed by atoms with E-state index in [2.05, 4.69) is 10.2 Å². The van der Waals surface area contributed by atoms with E-state index in [1.807, 2.05) is 41.8 Å². The Hall–Kier alpha value is -2.18. The molecule has 1 saturated heterocycles. The molecule has 6 heteroatoms. The van der Waals surface area contributed by atoms with Gasteiger partial charge in [0, 0.05) is 24.0 Å². The number of carbonyl (C=O) groups excluding carboxylic acids is 2. The molecule has 29 heavy (non-hydrogen) atoms. The van der Waals surface area contributed by atoms with E-state index in [1.54, 1.807) is 23.3 Å². The lowest BCUT2D eigenvalue weighted by Gasteiger charge is -2.39. The van der Waals surface area contributed by atoms with E-state index < -0.39 is 0 Å². The van der Waals surface area contributed by atoms with E-state index in [0.29, 0.717) is 12.1 Å². The highest BCUT2D eigenvalue weighted by atomic mass is 32.1. The molecule has 4 rings (SSSR count). The monoisotopic (exact) mass is 411 g/mol. The summed E-state index contributed by atoms with van der Waals surface area (Å²) in [5.41, 5.74) is 1.47. The largest absolute Gasteiger partial charge is 0.355 e. The van der Waals surface area contributed by atoms with E-state index in [1.165, 1.54) is 32.4 Å². The van der Waals surface area contributed by atoms with Crippen molar-refractivity contribution in [3.63, 3.8) is 0 Å². The lowest BCUT2D eigenvalue weighted by Crippen LogP contribution is -2.45. The number of fused-ring (bicyclic) bond motifs is 1. The van der Waals surface area contributed by atoms with Gasteiger partial charge in [0.2, 0.25) is 5.91 Å². The van der Waals surface area contributed by atoms with Gasteiger partial charge in [-0.05, 0) is 62.0 Å². The van der Waals surface area contributed by atoms with Crippen LogP contribution in [0, 0.1) is 0 Å². The van der Waals surface area contributed by atoms with Crippen LogP contribution in [0.25, 0.3) is 0 Å². The molecule has 2 aromatic rings. The summed E-state index contributed by atoms with van der Waals surface area (Å²) in [6.45, 7) is 4.06. The Morgan fingerprint density at radius 2 is 1.93 bits per heavy atom. The van der Waals surface area contributed by atoms with E-state index in [4.69, 9.17) is 0 Å². The molecule has 1 aromatic carbocycles. The van der Waals surface area contributed by atoms with Crippen LogP contribution in [0.2, 0.25) is 0 Å². The molecule has 5 nitrogen and oxygen atoms in total. The van der Waals surface area contributed by atoms with Crippen molar-refractivity contribution in [3.05, 3.63) is 57.8 Å². The lowest BCUT2D eigenvalue weighted by molar-refractivity contribution is -0.124. The van der Waals surface area contributed by atoms with E-state index in [-0.39, 0.29) is 23.8 Å². The van der Waals surface area contributed by atoms with Gasteiger partial charge in [-0.25, -0.2) is 0 Å². The number of carbonyl (C=O) groups is 2. The van der Waals surface area contributed by atoms with Crippen LogP contribution < -0.4 is 5.32 Å². The molecule has 1 aromatic heterocycles. The maximum Gasteiger partial charge on any atom is 0.254 e. The summed E-state index contributed by atoms with van der Waals surface area (Å²) in [7, 11) is 1.80. The molecule has 0 aliphatic carbocycles. The SMILES string of the molecule is CN1C(=O)c2ccccc2[C@H](C(=O)NCCCN2CCCCC2)[C@@H]1c1cccs1. The minimum atomic E-state index is -0.387. The van der Waals surface area contributed by atoms with Crippen molar-refractivity contribution >= 4 is 23.2 Å². The summed E-state index contributed by atoms with van der Waals surface area (Å²) < 4.78 is 0. The highest BCUT2D eigenvalue weighted by Gasteiger charge is 2.42. The number of hydrogen-bond acceptors (Lipinski definition) is 4. The van der Waals surface area contributed by atoms with Crippen molar-refractivity contribution in [2.24, 2.45) is 0 Å². The second kappa shape index (κ2) is 9.09. The van der Waals surface area contributed by atoms with Gasteiger partial charge in [0.05, 0.1) is 12.0 Å². The summed E-state index contributed by atoms with van der Waals surface area (Å²) in [5.74, 6) is -0.399. The number of thiophene rings is 1. The molecule has 0 unspecified atom stereocenters. The smallest absolute Gasteiger partial charge is 0.254 e. The predicted molar refractivity (Wildman–Crippen MR) is 116 cm³/mol. The first-order valence-corrected chi connectivity index (χ1v) is 11.4. The van der Waals surface area contributed by atoms with E-state index >= 15 is 0 Å². The third-order valence-corrected chi connectivity index (χ3v) is 7.04. The minimum absolute atomic E-state index is 0.00819. The average molecular weight is 412 g/mol. The number of piperidine rings is 1. The first kappa shape index (κ1) is 20.1. The number of likely N-dealkylation sites (N-methyl/N-ethyl adjacent to an activating group) is 1. The van der Waals surface area contributed by atoms with Crippen molar-refractivity contribution in [3.8, 4) is 0 Å². The van der Waals surface area contributed by atoms with E-state index in [0.717, 1.165) is 23.4 Å². The number of amides is 2. The standard InChI is InChI=1S/C23H29N3O2S/c1-25-21(19-11-7-16-29-19)20(17-9-3-4-10-18(17)23(25)28)22(27)24-12-8-15-26-13-5-2-6-14-26/h3-4,7,9-11,16,20-21H,2,5-6,8,12-15H2,1H3,(H,24,27)/t20-,21-/m0/s1. The highest BCUT2D eigenvalue weighted by molar-refractivity contribution is 7.10. The number of nitrogens with one attached hydrogen (secondary N) is 1. The molecule has 0 bridgehead atoms. The average Bonchev–Trinajstić information content (AvgIpc) is 3.28. The van der Waals surface area contributed by atoms with Crippen molar-refractivity contribution in [1.82, 2.24) is 15.1 Å². The number of rotatable bonds is 6. The molecule has 1 N–H and O–H groups in total. The molecular weight excluding hydrogens is 382 g/mol. The molecule has 2 aliphatic heterocycles. The predicted octanol–water partition coefficient (Wildman–Crippen LogP) is 3.65. The maximum absolute atomic E-state index is 13.3. The Balaban J connectivity index is 1.49. The van der Waals surface area contributed by atoms with Crippen LogP contribution in [0.4, 0.5) is 0 Å². The highest BCUT2D eigenvalue weighted by Crippen LogP contribution is 2.43. The third-order valence-electron chi connectivity index (χ3n) is 6.10. The summed E-state index contributed by atoms with van der Waals surface area (Å²) in [5, 5.41) is 5.16. The zero-order valence-electron chi connectivity index (χ0n) is 17.0. The zero-order valence-corrected chi connectivity index (χ0v) is 17.8. The fourth-order valence-electron chi connectivity index (χ4n) is 4.58. The molecular formula is C23H29N3O2S. The van der Waals surface area contributed by atoms with Crippen molar-refractivity contribution in [1.29, 1.82) is 0 Å². The Morgan fingerprint density at radius 3 is 2.69 bits per heavy atom. The van der Waals surface area contributed by atoms with Gasteiger partial charge in [-0.3, -0.25) is 9.59 Å². The second-order valence-corrected chi connectivity index (χ2v) is 8.97. The fourth-order valence-corrected chi connectivity index (χ4v) is 5.48. The summed E-state index contributed by atoms with van der Waals surface area (Å²) in [6.07, 6.45) is 4.87. The third kappa shape index (κ3) is 4.23.